The smallest absolute Gasteiger partial charge is 0.321 e. The number of nitrogens with one attached hydrogen (secondary N) is 2. The fourth-order valence-corrected chi connectivity index (χ4v) is 5.77. The first kappa shape index (κ1) is 19.9. The van der Waals surface area contributed by atoms with Crippen LogP contribution in [0.1, 0.15) is 19.3 Å². The molecule has 2 aliphatic heterocycles. The molecule has 0 aromatic heterocycles. The van der Waals surface area contributed by atoms with Gasteiger partial charge in [0.1, 0.15) is 0 Å². The summed E-state index contributed by atoms with van der Waals surface area (Å²) in [5.74, 6) is 0.156. The summed E-state index contributed by atoms with van der Waals surface area (Å²) in [6.45, 7) is 1.33. The number of piperidine rings is 1. The van der Waals surface area contributed by atoms with Crippen molar-refractivity contribution in [3.63, 3.8) is 0 Å². The monoisotopic (exact) mass is 416 g/mol. The van der Waals surface area contributed by atoms with Crippen LogP contribution < -0.4 is 14.3 Å². The average Bonchev–Trinajstić information content (AvgIpc) is 2.93. The fourth-order valence-electron chi connectivity index (χ4n) is 3.40. The van der Waals surface area contributed by atoms with Crippen molar-refractivity contribution in [3.8, 4) is 0 Å². The fraction of sp³-hybridized carbons (Fsp3) is 0.562. The van der Waals surface area contributed by atoms with E-state index in [1.54, 1.807) is 29.2 Å². The second-order valence-corrected chi connectivity index (χ2v) is 10.7. The molecular weight excluding hydrogens is 392 g/mol. The predicted molar refractivity (Wildman–Crippen MR) is 104 cm³/mol. The van der Waals surface area contributed by atoms with Crippen LogP contribution in [-0.4, -0.2) is 65.5 Å². The lowest BCUT2D eigenvalue weighted by molar-refractivity contribution is 0.190. The molecule has 2 fully saturated rings. The van der Waals surface area contributed by atoms with Crippen molar-refractivity contribution < 1.29 is 21.6 Å². The summed E-state index contributed by atoms with van der Waals surface area (Å²) in [4.78, 5) is 14.0. The van der Waals surface area contributed by atoms with Crippen molar-refractivity contribution >= 4 is 37.5 Å². The van der Waals surface area contributed by atoms with Gasteiger partial charge in [-0.3, -0.25) is 4.31 Å². The molecule has 27 heavy (non-hydrogen) atoms. The molecule has 1 atom stereocenters. The number of hydrogen-bond donors (Lipinski definition) is 2. The van der Waals surface area contributed by atoms with Crippen molar-refractivity contribution in [2.75, 3.05) is 41.3 Å². The van der Waals surface area contributed by atoms with Gasteiger partial charge in [-0.15, -0.1) is 0 Å². The van der Waals surface area contributed by atoms with E-state index in [0.717, 1.165) is 6.26 Å². The standard InChI is InChI=1S/C16H24N4O5S2/c1-26(22,23)18-14-4-2-9-19(12-14)16(21)17-13-5-7-15(8-6-13)20-10-3-11-27(20,24)25/h5-8,14,18H,2-4,9-12H2,1H3,(H,17,21)/t14-/m1/s1. The number of hydrogen-bond acceptors (Lipinski definition) is 5. The van der Waals surface area contributed by atoms with Crippen molar-refractivity contribution in [2.24, 2.45) is 0 Å². The van der Waals surface area contributed by atoms with Gasteiger partial charge in [0.2, 0.25) is 20.0 Å². The molecule has 0 unspecified atom stereocenters. The van der Waals surface area contributed by atoms with Gasteiger partial charge < -0.3 is 10.2 Å². The number of amides is 2. The highest BCUT2D eigenvalue weighted by molar-refractivity contribution is 7.93. The van der Waals surface area contributed by atoms with E-state index < -0.39 is 20.0 Å². The zero-order valence-corrected chi connectivity index (χ0v) is 16.7. The van der Waals surface area contributed by atoms with Gasteiger partial charge in [0.15, 0.2) is 0 Å². The maximum atomic E-state index is 12.5. The number of likely N-dealkylation sites (tertiary alicyclic amines) is 1. The number of anilines is 2. The number of sulfonamides is 2. The lowest BCUT2D eigenvalue weighted by Crippen LogP contribution is -2.50. The Morgan fingerprint density at radius 3 is 2.44 bits per heavy atom. The first-order valence-corrected chi connectivity index (χ1v) is 12.3. The Kier molecular flexibility index (Phi) is 5.63. The Morgan fingerprint density at radius 2 is 1.85 bits per heavy atom. The third-order valence-corrected chi connectivity index (χ3v) is 7.23. The van der Waals surface area contributed by atoms with Crippen LogP contribution in [0.2, 0.25) is 0 Å². The summed E-state index contributed by atoms with van der Waals surface area (Å²) in [7, 11) is -6.55. The quantitative estimate of drug-likeness (QED) is 0.752. The number of rotatable bonds is 4. The molecule has 9 nitrogen and oxygen atoms in total. The van der Waals surface area contributed by atoms with Crippen LogP contribution in [0.3, 0.4) is 0 Å². The maximum absolute atomic E-state index is 12.5. The predicted octanol–water partition coefficient (Wildman–Crippen LogP) is 0.772. The van der Waals surface area contributed by atoms with Crippen LogP contribution in [0.15, 0.2) is 24.3 Å². The van der Waals surface area contributed by atoms with Gasteiger partial charge in [-0.2, -0.15) is 0 Å². The van der Waals surface area contributed by atoms with Gasteiger partial charge >= 0.3 is 6.03 Å². The maximum Gasteiger partial charge on any atom is 0.321 e. The van der Waals surface area contributed by atoms with Gasteiger partial charge in [-0.25, -0.2) is 26.4 Å². The van der Waals surface area contributed by atoms with Crippen molar-refractivity contribution in [2.45, 2.75) is 25.3 Å². The molecule has 0 spiro atoms. The number of benzene rings is 1. The third kappa shape index (κ3) is 5.11. The van der Waals surface area contributed by atoms with Gasteiger partial charge in [0, 0.05) is 31.4 Å². The molecule has 0 bridgehead atoms. The highest BCUT2D eigenvalue weighted by atomic mass is 32.2. The lowest BCUT2D eigenvalue weighted by Gasteiger charge is -2.32. The molecule has 0 radical (unpaired) electrons. The number of carbonyl (C=O) groups excluding carboxylic acids is 1. The Hall–Kier alpha value is -1.85. The van der Waals surface area contributed by atoms with Gasteiger partial charge in [-0.05, 0) is 43.5 Å². The minimum Gasteiger partial charge on any atom is -0.323 e. The average molecular weight is 417 g/mol. The van der Waals surface area contributed by atoms with E-state index in [2.05, 4.69) is 10.0 Å². The molecule has 0 saturated carbocycles. The summed E-state index contributed by atoms with van der Waals surface area (Å²) < 4.78 is 50.6. The molecule has 11 heteroatoms. The molecule has 2 aliphatic rings. The molecule has 1 aromatic carbocycles. The summed E-state index contributed by atoms with van der Waals surface area (Å²) in [6, 6.07) is 6.07. The first-order chi connectivity index (χ1) is 12.6. The van der Waals surface area contributed by atoms with Crippen LogP contribution in [0.25, 0.3) is 0 Å². The molecule has 2 saturated heterocycles. The van der Waals surface area contributed by atoms with E-state index in [1.165, 1.54) is 4.31 Å². The summed E-state index contributed by atoms with van der Waals surface area (Å²) in [5, 5.41) is 2.78. The zero-order chi connectivity index (χ0) is 19.7. The third-order valence-electron chi connectivity index (χ3n) is 4.60. The van der Waals surface area contributed by atoms with Crippen LogP contribution in [0.4, 0.5) is 16.2 Å². The molecular formula is C16H24N4O5S2. The lowest BCUT2D eigenvalue weighted by atomic mass is 10.1. The van der Waals surface area contributed by atoms with E-state index in [-0.39, 0.29) is 17.8 Å². The van der Waals surface area contributed by atoms with Crippen molar-refractivity contribution in [1.82, 2.24) is 9.62 Å². The van der Waals surface area contributed by atoms with Gasteiger partial charge in [0.05, 0.1) is 17.7 Å². The molecule has 150 valence electrons. The SMILES string of the molecule is CS(=O)(=O)N[C@@H]1CCCN(C(=O)Nc2ccc(N3CCCS3(=O)=O)cc2)C1. The van der Waals surface area contributed by atoms with Gasteiger partial charge in [-0.1, -0.05) is 0 Å². The second-order valence-electron chi connectivity index (χ2n) is 6.89. The van der Waals surface area contributed by atoms with E-state index in [0.29, 0.717) is 50.3 Å². The molecule has 2 heterocycles. The molecule has 1 aromatic rings. The normalized spacial score (nSPS) is 22.6. The Morgan fingerprint density at radius 1 is 1.15 bits per heavy atom. The van der Waals surface area contributed by atoms with E-state index >= 15 is 0 Å². The highest BCUT2D eigenvalue weighted by Crippen LogP contribution is 2.25. The largest absolute Gasteiger partial charge is 0.323 e. The minimum atomic E-state index is -3.32. The van der Waals surface area contributed by atoms with E-state index in [1.807, 2.05) is 0 Å². The number of nitrogens with zero attached hydrogens (tertiary/aromatic N) is 2. The number of carbonyl (C=O) groups is 1. The highest BCUT2D eigenvalue weighted by Gasteiger charge is 2.28. The number of urea groups is 1. The summed E-state index contributed by atoms with van der Waals surface area (Å²) in [6.07, 6.45) is 3.12. The van der Waals surface area contributed by atoms with Crippen LogP contribution >= 0.6 is 0 Å². The molecule has 0 aliphatic carbocycles. The van der Waals surface area contributed by atoms with E-state index in [4.69, 9.17) is 0 Å². The second kappa shape index (κ2) is 7.64. The molecule has 2 N–H and O–H groups in total. The van der Waals surface area contributed by atoms with Gasteiger partial charge in [0.25, 0.3) is 0 Å². The van der Waals surface area contributed by atoms with Crippen LogP contribution in [-0.2, 0) is 20.0 Å². The Bertz CT molecular complexity index is 899. The first-order valence-electron chi connectivity index (χ1n) is 8.78. The van der Waals surface area contributed by atoms with Crippen LogP contribution in [0.5, 0.6) is 0 Å². The zero-order valence-electron chi connectivity index (χ0n) is 15.1. The van der Waals surface area contributed by atoms with Crippen molar-refractivity contribution in [3.05, 3.63) is 24.3 Å². The minimum absolute atomic E-state index is 0.156. The Labute approximate surface area is 159 Å². The van der Waals surface area contributed by atoms with Crippen molar-refractivity contribution in [1.29, 1.82) is 0 Å². The summed E-state index contributed by atoms with van der Waals surface area (Å²) >= 11 is 0. The van der Waals surface area contributed by atoms with E-state index in [9.17, 15) is 21.6 Å². The Balaban J connectivity index is 1.61. The van der Waals surface area contributed by atoms with Crippen LogP contribution in [0, 0.1) is 0 Å². The molecule has 2 amide bonds. The molecule has 3 rings (SSSR count). The summed E-state index contributed by atoms with van der Waals surface area (Å²) in [5.41, 5.74) is 1.14. The topological polar surface area (TPSA) is 116 Å².